The molecule has 4 heterocycles. The van der Waals surface area contributed by atoms with E-state index in [1.54, 1.807) is 6.26 Å². The van der Waals surface area contributed by atoms with Gasteiger partial charge in [-0.2, -0.15) is 41.3 Å². The van der Waals surface area contributed by atoms with Crippen molar-refractivity contribution in [1.82, 2.24) is 24.9 Å². The molecule has 1 aliphatic carbocycles. The van der Waals surface area contributed by atoms with E-state index in [0.29, 0.717) is 6.61 Å². The summed E-state index contributed by atoms with van der Waals surface area (Å²) in [4.78, 5) is 19.3. The molecular weight excluding hydrogens is 468 g/mol. The van der Waals surface area contributed by atoms with E-state index in [1.165, 1.54) is 12.1 Å². The summed E-state index contributed by atoms with van der Waals surface area (Å²) in [6.07, 6.45) is -6.80. The second-order valence-corrected chi connectivity index (χ2v) is 7.44. The van der Waals surface area contributed by atoms with Gasteiger partial charge >= 0.3 is 12.4 Å². The third-order valence-corrected chi connectivity index (χ3v) is 5.07. The average Bonchev–Trinajstić information content (AvgIpc) is 3.18. The van der Waals surface area contributed by atoms with E-state index in [-0.39, 0.29) is 41.1 Å². The minimum Gasteiger partial charge on any atom is -0.500 e. The first-order chi connectivity index (χ1) is 16.1. The van der Waals surface area contributed by atoms with Gasteiger partial charge in [0.1, 0.15) is 17.1 Å². The molecule has 2 atom stereocenters. The Labute approximate surface area is 187 Å². The van der Waals surface area contributed by atoms with Crippen molar-refractivity contribution in [2.75, 3.05) is 17.2 Å². The van der Waals surface area contributed by atoms with Crippen molar-refractivity contribution in [3.8, 4) is 11.5 Å². The van der Waals surface area contributed by atoms with Crippen LogP contribution < -0.4 is 10.6 Å². The van der Waals surface area contributed by atoms with Crippen molar-refractivity contribution < 1.29 is 31.1 Å². The maximum Gasteiger partial charge on any atom is 0.433 e. The van der Waals surface area contributed by atoms with Gasteiger partial charge in [-0.15, -0.1) is 0 Å². The zero-order chi connectivity index (χ0) is 24.1. The molecule has 2 unspecified atom stereocenters. The maximum absolute atomic E-state index is 13.1. The van der Waals surface area contributed by atoms with Crippen LogP contribution >= 0.6 is 0 Å². The molecule has 2 N–H and O–H groups in total. The Bertz CT molecular complexity index is 1280. The lowest BCUT2D eigenvalue weighted by atomic mass is 10.3. The molecule has 14 heteroatoms. The zero-order valence-electron chi connectivity index (χ0n) is 16.8. The summed E-state index contributed by atoms with van der Waals surface area (Å²) >= 11 is 0. The topological polar surface area (TPSA) is 97.7 Å². The number of ether oxygens (including phenoxy) is 1. The van der Waals surface area contributed by atoms with Gasteiger partial charge in [0, 0.05) is 17.8 Å². The fourth-order valence-electron chi connectivity index (χ4n) is 3.38. The molecule has 3 aromatic rings. The highest BCUT2D eigenvalue weighted by atomic mass is 19.4. The van der Waals surface area contributed by atoms with E-state index in [0.717, 1.165) is 30.0 Å². The first-order valence-corrected chi connectivity index (χ1v) is 9.77. The lowest BCUT2D eigenvalue weighted by Gasteiger charge is -2.12. The molecule has 176 valence electrons. The van der Waals surface area contributed by atoms with Crippen molar-refractivity contribution >= 4 is 17.6 Å². The van der Waals surface area contributed by atoms with Crippen molar-refractivity contribution in [3.63, 3.8) is 0 Å². The third kappa shape index (κ3) is 4.43. The van der Waals surface area contributed by atoms with E-state index >= 15 is 0 Å². The van der Waals surface area contributed by atoms with Crippen LogP contribution in [0.25, 0.3) is 11.5 Å². The summed E-state index contributed by atoms with van der Waals surface area (Å²) in [7, 11) is 0. The minimum absolute atomic E-state index is 0.0112. The summed E-state index contributed by atoms with van der Waals surface area (Å²) in [5.74, 6) is -0.260. The molecule has 5 rings (SSSR count). The average molecular weight is 481 g/mol. The number of halogens is 6. The number of rotatable bonds is 5. The maximum atomic E-state index is 13.1. The molecule has 1 aliphatic heterocycles. The number of nitrogens with zero attached hydrogens (tertiary/aromatic N) is 5. The number of nitrogens with one attached hydrogen (secondary N) is 2. The summed E-state index contributed by atoms with van der Waals surface area (Å²) < 4.78 is 83.5. The van der Waals surface area contributed by atoms with Crippen molar-refractivity contribution in [2.45, 2.75) is 18.4 Å². The van der Waals surface area contributed by atoms with Gasteiger partial charge < -0.3 is 15.4 Å². The molecule has 8 nitrogen and oxygen atoms in total. The van der Waals surface area contributed by atoms with E-state index in [9.17, 15) is 26.3 Å². The first-order valence-electron chi connectivity index (χ1n) is 9.77. The van der Waals surface area contributed by atoms with E-state index in [4.69, 9.17) is 4.74 Å². The highest BCUT2D eigenvalue weighted by Gasteiger charge is 2.49. The number of pyridine rings is 2. The van der Waals surface area contributed by atoms with Gasteiger partial charge in [0.05, 0.1) is 18.9 Å². The molecule has 1 saturated carbocycles. The number of fused-ring (bicyclic) bond motifs is 1. The van der Waals surface area contributed by atoms with Crippen LogP contribution in [0.2, 0.25) is 0 Å². The molecule has 0 saturated heterocycles. The molecule has 0 bridgehead atoms. The molecular formula is C20H13F6N7O. The Morgan fingerprint density at radius 1 is 0.882 bits per heavy atom. The Kier molecular flexibility index (Phi) is 5.02. The predicted molar refractivity (Wildman–Crippen MR) is 106 cm³/mol. The Balaban J connectivity index is 1.50. The second-order valence-electron chi connectivity index (χ2n) is 7.44. The lowest BCUT2D eigenvalue weighted by molar-refractivity contribution is -0.141. The number of hydrogen-bond acceptors (Lipinski definition) is 8. The van der Waals surface area contributed by atoms with E-state index in [2.05, 4.69) is 35.6 Å². The van der Waals surface area contributed by atoms with Crippen LogP contribution in [-0.2, 0) is 17.1 Å². The van der Waals surface area contributed by atoms with Gasteiger partial charge in [0.2, 0.25) is 11.9 Å². The van der Waals surface area contributed by atoms with Gasteiger partial charge in [-0.3, -0.25) is 4.98 Å². The van der Waals surface area contributed by atoms with Crippen molar-refractivity contribution in [2.24, 2.45) is 5.92 Å². The fourth-order valence-corrected chi connectivity index (χ4v) is 3.38. The summed E-state index contributed by atoms with van der Waals surface area (Å²) in [6, 6.07) is 5.14. The monoisotopic (exact) mass is 481 g/mol. The molecule has 2 aliphatic rings. The summed E-state index contributed by atoms with van der Waals surface area (Å²) in [5.41, 5.74) is -1.51. The lowest BCUT2D eigenvalue weighted by Crippen LogP contribution is -2.14. The van der Waals surface area contributed by atoms with Crippen LogP contribution in [-0.4, -0.2) is 37.6 Å². The van der Waals surface area contributed by atoms with Crippen LogP contribution in [0.3, 0.4) is 0 Å². The fraction of sp³-hybridized carbons (Fsp3) is 0.250. The van der Waals surface area contributed by atoms with Crippen LogP contribution in [0, 0.1) is 5.92 Å². The summed E-state index contributed by atoms with van der Waals surface area (Å²) in [6.45, 7) is 0.475. The number of aromatic nitrogens is 5. The molecule has 0 spiro atoms. The van der Waals surface area contributed by atoms with Crippen LogP contribution in [0.4, 0.5) is 43.9 Å². The second kappa shape index (κ2) is 7.81. The molecule has 0 radical (unpaired) electrons. The standard InChI is InChI=1S/C20H13F6N7O/c21-19(22,23)13-3-1-2-12(29-13)16-31-17(28-9-4-5-27-14(6-9)20(24,25)26)33-18(32-16)30-15-10-7-34-8-11(10)15/h1-7,11,15H,8H2,(H2,27,28,30,31,32,33). The molecule has 1 fully saturated rings. The highest BCUT2D eigenvalue weighted by Crippen LogP contribution is 2.44. The Morgan fingerprint density at radius 2 is 1.65 bits per heavy atom. The number of alkyl halides is 6. The predicted octanol–water partition coefficient (Wildman–Crippen LogP) is 4.43. The van der Waals surface area contributed by atoms with Gasteiger partial charge in [-0.05, 0) is 29.8 Å². The smallest absolute Gasteiger partial charge is 0.433 e. The number of hydrogen-bond donors (Lipinski definition) is 2. The normalized spacial score (nSPS) is 19.2. The van der Waals surface area contributed by atoms with Crippen molar-refractivity contribution in [1.29, 1.82) is 0 Å². The van der Waals surface area contributed by atoms with Gasteiger partial charge in [-0.25, -0.2) is 4.98 Å². The van der Waals surface area contributed by atoms with Crippen LogP contribution in [0.5, 0.6) is 0 Å². The SMILES string of the molecule is FC(F)(F)c1cc(Nc2nc(NC3C4=COCC43)nc(-c3cccc(C(F)(F)F)n3)n2)ccn1. The Morgan fingerprint density at radius 3 is 2.35 bits per heavy atom. The van der Waals surface area contributed by atoms with Crippen LogP contribution in [0.1, 0.15) is 11.4 Å². The zero-order valence-corrected chi connectivity index (χ0v) is 16.8. The highest BCUT2D eigenvalue weighted by molar-refractivity contribution is 5.60. The van der Waals surface area contributed by atoms with Crippen molar-refractivity contribution in [3.05, 3.63) is 59.8 Å². The summed E-state index contributed by atoms with van der Waals surface area (Å²) in [5, 5.41) is 5.67. The molecule has 3 aromatic heterocycles. The van der Waals surface area contributed by atoms with E-state index in [1.807, 2.05) is 0 Å². The van der Waals surface area contributed by atoms with Gasteiger partial charge in [0.25, 0.3) is 0 Å². The van der Waals surface area contributed by atoms with Gasteiger partial charge in [-0.1, -0.05) is 6.07 Å². The molecule has 0 aromatic carbocycles. The third-order valence-electron chi connectivity index (χ3n) is 5.07. The Hall–Kier alpha value is -3.97. The molecule has 0 amide bonds. The van der Waals surface area contributed by atoms with Crippen LogP contribution in [0.15, 0.2) is 48.4 Å². The largest absolute Gasteiger partial charge is 0.500 e. The minimum atomic E-state index is -4.69. The van der Waals surface area contributed by atoms with Gasteiger partial charge in [0.15, 0.2) is 5.82 Å². The number of anilines is 3. The quantitative estimate of drug-likeness (QED) is 0.517. The first kappa shape index (κ1) is 21.9. The van der Waals surface area contributed by atoms with E-state index < -0.39 is 23.7 Å². The molecule has 34 heavy (non-hydrogen) atoms.